The summed E-state index contributed by atoms with van der Waals surface area (Å²) in [7, 11) is 1.91. The van der Waals surface area contributed by atoms with Crippen LogP contribution < -0.4 is 0 Å². The van der Waals surface area contributed by atoms with Crippen molar-refractivity contribution in [3.8, 4) is 0 Å². The molecule has 1 unspecified atom stereocenters. The van der Waals surface area contributed by atoms with Gasteiger partial charge in [-0.25, -0.2) is 0 Å². The molecule has 3 nitrogen and oxygen atoms in total. The van der Waals surface area contributed by atoms with E-state index in [2.05, 4.69) is 10.3 Å². The third-order valence-corrected chi connectivity index (χ3v) is 1.47. The van der Waals surface area contributed by atoms with Crippen LogP contribution in [0.15, 0.2) is 10.3 Å². The van der Waals surface area contributed by atoms with Gasteiger partial charge in [0.15, 0.2) is 5.71 Å². The van der Waals surface area contributed by atoms with Crippen LogP contribution in [0.2, 0.25) is 0 Å². The minimum absolute atomic E-state index is 0.292. The van der Waals surface area contributed by atoms with Crippen LogP contribution in [0.3, 0.4) is 0 Å². The van der Waals surface area contributed by atoms with Gasteiger partial charge in [0.25, 0.3) is 0 Å². The lowest BCUT2D eigenvalue weighted by atomic mass is 10.2. The van der Waals surface area contributed by atoms with Crippen LogP contribution in [0.25, 0.3) is 0 Å². The number of nitrogens with zero attached hydrogens (tertiary/aromatic N) is 3. The molecule has 0 aromatic rings. The molecule has 0 N–H and O–H groups in total. The highest BCUT2D eigenvalue weighted by Gasteiger charge is 2.21. The van der Waals surface area contributed by atoms with Crippen LogP contribution in [0.1, 0.15) is 13.8 Å². The molecule has 1 atom stereocenters. The second-order valence-electron chi connectivity index (χ2n) is 2.05. The summed E-state index contributed by atoms with van der Waals surface area (Å²) >= 11 is 0. The Morgan fingerprint density at radius 1 is 1.62 bits per heavy atom. The number of hydrogen-bond acceptors (Lipinski definition) is 2. The van der Waals surface area contributed by atoms with Crippen LogP contribution in [0.4, 0.5) is 0 Å². The first kappa shape index (κ1) is 5.41. The highest BCUT2D eigenvalue weighted by molar-refractivity contribution is 5.82. The molecule has 0 aromatic carbocycles. The summed E-state index contributed by atoms with van der Waals surface area (Å²) < 4.78 is 1.80. The van der Waals surface area contributed by atoms with Gasteiger partial charge in [-0.3, -0.25) is 0 Å². The summed E-state index contributed by atoms with van der Waals surface area (Å²) in [4.78, 5) is 0. The molecule has 0 saturated heterocycles. The third-order valence-electron chi connectivity index (χ3n) is 1.47. The Balaban J connectivity index is 2.85. The van der Waals surface area contributed by atoms with Crippen molar-refractivity contribution in [3.05, 3.63) is 0 Å². The smallest absolute Gasteiger partial charge is 0.138 e. The SMILES string of the molecule is CC1=[N+](C)N=NC1C. The second kappa shape index (κ2) is 1.65. The van der Waals surface area contributed by atoms with Gasteiger partial charge in [-0.05, 0) is 6.92 Å². The van der Waals surface area contributed by atoms with Crippen LogP contribution in [0.5, 0.6) is 0 Å². The largest absolute Gasteiger partial charge is 0.222 e. The first-order valence-corrected chi connectivity index (χ1v) is 2.70. The summed E-state index contributed by atoms with van der Waals surface area (Å²) in [5, 5.41) is 7.73. The van der Waals surface area contributed by atoms with E-state index in [-0.39, 0.29) is 0 Å². The molecule has 1 aliphatic heterocycles. The average Bonchev–Trinajstić information content (AvgIpc) is 1.98. The predicted octanol–water partition coefficient (Wildman–Crippen LogP) is 0.859. The van der Waals surface area contributed by atoms with E-state index in [9.17, 15) is 0 Å². The van der Waals surface area contributed by atoms with Crippen LogP contribution in [0, 0.1) is 0 Å². The molecule has 0 fully saturated rings. The average molecular weight is 112 g/mol. The van der Waals surface area contributed by atoms with E-state index in [1.807, 2.05) is 20.9 Å². The van der Waals surface area contributed by atoms with Gasteiger partial charge in [0.2, 0.25) is 6.04 Å². The molecule has 44 valence electrons. The monoisotopic (exact) mass is 112 g/mol. The van der Waals surface area contributed by atoms with E-state index in [0.29, 0.717) is 6.04 Å². The van der Waals surface area contributed by atoms with E-state index < -0.39 is 0 Å². The van der Waals surface area contributed by atoms with Gasteiger partial charge in [0.1, 0.15) is 12.3 Å². The molecular formula is C5H10N3+. The molecule has 1 rings (SSSR count). The molecule has 0 spiro atoms. The van der Waals surface area contributed by atoms with Gasteiger partial charge < -0.3 is 0 Å². The quantitative estimate of drug-likeness (QED) is 0.416. The van der Waals surface area contributed by atoms with E-state index in [0.717, 1.165) is 0 Å². The molecule has 0 amide bonds. The Morgan fingerprint density at radius 2 is 2.25 bits per heavy atom. The Bertz CT molecular complexity index is 157. The Labute approximate surface area is 48.7 Å². The first-order chi connectivity index (χ1) is 3.72. The van der Waals surface area contributed by atoms with Crippen molar-refractivity contribution in [2.75, 3.05) is 7.05 Å². The maximum Gasteiger partial charge on any atom is 0.222 e. The van der Waals surface area contributed by atoms with E-state index in [1.165, 1.54) is 5.71 Å². The molecule has 0 saturated carbocycles. The van der Waals surface area contributed by atoms with Crippen LogP contribution >= 0.6 is 0 Å². The van der Waals surface area contributed by atoms with Gasteiger partial charge in [-0.2, -0.15) is 0 Å². The standard InChI is InChI=1S/C5H10N3/c1-4-5(2)8(3)7-6-4/h4H,1-3H3/q+1. The van der Waals surface area contributed by atoms with E-state index in [4.69, 9.17) is 0 Å². The summed E-state index contributed by atoms with van der Waals surface area (Å²) in [5.74, 6) is 0. The lowest BCUT2D eigenvalue weighted by molar-refractivity contribution is -0.505. The lowest BCUT2D eigenvalue weighted by Gasteiger charge is -1.85. The fourth-order valence-electron chi connectivity index (χ4n) is 0.579. The summed E-state index contributed by atoms with van der Waals surface area (Å²) in [6, 6.07) is 0.292. The van der Waals surface area contributed by atoms with Crippen LogP contribution in [-0.2, 0) is 0 Å². The minimum atomic E-state index is 0.292. The fourth-order valence-corrected chi connectivity index (χ4v) is 0.579. The molecule has 3 heteroatoms. The molecule has 1 aliphatic rings. The lowest BCUT2D eigenvalue weighted by Crippen LogP contribution is -2.13. The van der Waals surface area contributed by atoms with Gasteiger partial charge >= 0.3 is 0 Å². The van der Waals surface area contributed by atoms with Gasteiger partial charge in [0.05, 0.1) is 0 Å². The van der Waals surface area contributed by atoms with Crippen molar-refractivity contribution < 1.29 is 4.68 Å². The molecule has 1 heterocycles. The summed E-state index contributed by atoms with van der Waals surface area (Å²) in [6.07, 6.45) is 0. The van der Waals surface area contributed by atoms with Crippen molar-refractivity contribution in [2.45, 2.75) is 19.9 Å². The highest BCUT2D eigenvalue weighted by atomic mass is 15.5. The van der Waals surface area contributed by atoms with Gasteiger partial charge in [0, 0.05) is 12.0 Å². The molecule has 0 bridgehead atoms. The van der Waals surface area contributed by atoms with Crippen molar-refractivity contribution in [1.82, 2.24) is 0 Å². The zero-order valence-electron chi connectivity index (χ0n) is 5.42. The Hall–Kier alpha value is -0.730. The molecular weight excluding hydrogens is 102 g/mol. The fraction of sp³-hybridized carbons (Fsp3) is 0.800. The Kier molecular flexibility index (Phi) is 1.12. The first-order valence-electron chi connectivity index (χ1n) is 2.70. The highest BCUT2D eigenvalue weighted by Crippen LogP contribution is 2.01. The summed E-state index contributed by atoms with van der Waals surface area (Å²) in [5.41, 5.74) is 1.21. The molecule has 0 aromatic heterocycles. The second-order valence-corrected chi connectivity index (χ2v) is 2.05. The van der Waals surface area contributed by atoms with E-state index >= 15 is 0 Å². The molecule has 8 heavy (non-hydrogen) atoms. The molecule has 0 radical (unpaired) electrons. The third kappa shape index (κ3) is 0.638. The Morgan fingerprint density at radius 3 is 2.38 bits per heavy atom. The maximum absolute atomic E-state index is 3.91. The van der Waals surface area contributed by atoms with Crippen molar-refractivity contribution in [2.24, 2.45) is 10.3 Å². The topological polar surface area (TPSA) is 27.7 Å². The minimum Gasteiger partial charge on any atom is -0.138 e. The number of hydrogen-bond donors (Lipinski definition) is 0. The predicted molar refractivity (Wildman–Crippen MR) is 31.2 cm³/mol. The maximum atomic E-state index is 3.91. The van der Waals surface area contributed by atoms with Crippen molar-refractivity contribution in [3.63, 3.8) is 0 Å². The van der Waals surface area contributed by atoms with E-state index in [1.54, 1.807) is 4.68 Å². The number of rotatable bonds is 0. The van der Waals surface area contributed by atoms with Crippen molar-refractivity contribution >= 4 is 5.71 Å². The van der Waals surface area contributed by atoms with Crippen molar-refractivity contribution in [1.29, 1.82) is 0 Å². The summed E-state index contributed by atoms with van der Waals surface area (Å²) in [6.45, 7) is 4.06. The zero-order chi connectivity index (χ0) is 6.15. The van der Waals surface area contributed by atoms with Gasteiger partial charge in [-0.1, -0.05) is 0 Å². The van der Waals surface area contributed by atoms with Gasteiger partial charge in [-0.15, -0.1) is 4.68 Å². The molecule has 0 aliphatic carbocycles. The zero-order valence-corrected chi connectivity index (χ0v) is 5.42. The normalized spacial score (nSPS) is 27.6. The van der Waals surface area contributed by atoms with Crippen LogP contribution in [-0.4, -0.2) is 23.5 Å².